The van der Waals surface area contributed by atoms with E-state index in [0.717, 1.165) is 12.8 Å². The van der Waals surface area contributed by atoms with Gasteiger partial charge in [0.1, 0.15) is 5.75 Å². The van der Waals surface area contributed by atoms with Crippen LogP contribution in [0.2, 0.25) is 0 Å². The van der Waals surface area contributed by atoms with Crippen LogP contribution in [0.1, 0.15) is 83.5 Å². The Balaban J connectivity index is 1.51. The Morgan fingerprint density at radius 3 is 2.69 bits per heavy atom. The summed E-state index contributed by atoms with van der Waals surface area (Å²) in [6, 6.07) is 12.1. The number of phenolic OH excluding ortho intramolecular Hbond substituents is 1. The number of amides is 1. The smallest absolute Gasteiger partial charge is 0.248 e. The summed E-state index contributed by atoms with van der Waals surface area (Å²) in [7, 11) is 0. The lowest BCUT2D eigenvalue weighted by Crippen LogP contribution is -2.42. The highest BCUT2D eigenvalue weighted by atomic mass is 16.3. The van der Waals surface area contributed by atoms with Crippen LogP contribution in [0.5, 0.6) is 5.75 Å². The predicted octanol–water partition coefficient (Wildman–Crippen LogP) is 5.44. The van der Waals surface area contributed by atoms with Crippen molar-refractivity contribution >= 4 is 5.91 Å². The van der Waals surface area contributed by atoms with Crippen molar-refractivity contribution in [3.05, 3.63) is 64.2 Å². The minimum atomic E-state index is -0.299. The Labute approximate surface area is 173 Å². The quantitative estimate of drug-likeness (QED) is 0.718. The van der Waals surface area contributed by atoms with E-state index < -0.39 is 0 Å². The highest BCUT2D eigenvalue weighted by Crippen LogP contribution is 2.65. The van der Waals surface area contributed by atoms with E-state index in [9.17, 15) is 9.90 Å². The number of carbonyl (C=O) groups excluding carboxylic acids is 1. The summed E-state index contributed by atoms with van der Waals surface area (Å²) in [4.78, 5) is 12.1. The molecule has 3 heteroatoms. The van der Waals surface area contributed by atoms with Gasteiger partial charge in [0.2, 0.25) is 5.91 Å². The minimum Gasteiger partial charge on any atom is -0.508 e. The molecule has 3 aliphatic rings. The van der Waals surface area contributed by atoms with Crippen LogP contribution >= 0.6 is 0 Å². The van der Waals surface area contributed by atoms with Gasteiger partial charge >= 0.3 is 0 Å². The van der Waals surface area contributed by atoms with Crippen molar-refractivity contribution in [3.8, 4) is 5.75 Å². The summed E-state index contributed by atoms with van der Waals surface area (Å²) < 4.78 is 0. The monoisotopic (exact) mass is 389 g/mol. The second kappa shape index (κ2) is 6.62. The van der Waals surface area contributed by atoms with E-state index in [1.54, 1.807) is 0 Å². The molecule has 0 heterocycles. The fourth-order valence-electron chi connectivity index (χ4n) is 7.27. The maximum atomic E-state index is 12.1. The predicted molar refractivity (Wildman–Crippen MR) is 115 cm³/mol. The molecular formula is C26H31NO2. The molecule has 3 aliphatic carbocycles. The van der Waals surface area contributed by atoms with Crippen LogP contribution in [-0.2, 0) is 6.42 Å². The van der Waals surface area contributed by atoms with Gasteiger partial charge in [-0.2, -0.15) is 0 Å². The van der Waals surface area contributed by atoms with Gasteiger partial charge in [-0.05, 0) is 109 Å². The number of benzene rings is 2. The van der Waals surface area contributed by atoms with Crippen molar-refractivity contribution in [2.45, 2.75) is 64.2 Å². The zero-order chi connectivity index (χ0) is 20.3. The summed E-state index contributed by atoms with van der Waals surface area (Å²) in [5.74, 6) is 2.52. The molecule has 2 fully saturated rings. The Morgan fingerprint density at radius 1 is 1.07 bits per heavy atom. The lowest BCUT2D eigenvalue weighted by atomic mass is 9.53. The van der Waals surface area contributed by atoms with Gasteiger partial charge in [0.25, 0.3) is 0 Å². The van der Waals surface area contributed by atoms with Crippen molar-refractivity contribution in [2.75, 3.05) is 0 Å². The topological polar surface area (TPSA) is 63.3 Å². The van der Waals surface area contributed by atoms with Gasteiger partial charge in [-0.1, -0.05) is 30.7 Å². The first-order valence-corrected chi connectivity index (χ1v) is 11.1. The van der Waals surface area contributed by atoms with Gasteiger partial charge in [-0.3, -0.25) is 4.79 Å². The Bertz CT molecular complexity index is 981. The molecule has 152 valence electrons. The lowest BCUT2D eigenvalue weighted by molar-refractivity contribution is 0.0479. The van der Waals surface area contributed by atoms with Crippen LogP contribution in [-0.4, -0.2) is 11.0 Å². The molecule has 0 spiro atoms. The SMILES string of the molecule is Cc1ccc(C(N)=O)c([C@H]2CC[C@H]3[C@@H]4CCc5cc(O)ccc5[C@H]4CC[C@]23C)c1. The highest BCUT2D eigenvalue weighted by molar-refractivity contribution is 5.94. The summed E-state index contributed by atoms with van der Waals surface area (Å²) in [5, 5.41) is 9.89. The molecule has 3 nitrogen and oxygen atoms in total. The maximum Gasteiger partial charge on any atom is 0.248 e. The Kier molecular flexibility index (Phi) is 4.27. The van der Waals surface area contributed by atoms with E-state index in [1.165, 1.54) is 47.9 Å². The van der Waals surface area contributed by atoms with E-state index in [4.69, 9.17) is 5.73 Å². The van der Waals surface area contributed by atoms with Gasteiger partial charge in [-0.25, -0.2) is 0 Å². The van der Waals surface area contributed by atoms with Crippen LogP contribution < -0.4 is 5.73 Å². The van der Waals surface area contributed by atoms with Crippen LogP contribution in [0.25, 0.3) is 0 Å². The summed E-state index contributed by atoms with van der Waals surface area (Å²) >= 11 is 0. The average Bonchev–Trinajstić information content (AvgIpc) is 3.04. The number of aromatic hydroxyl groups is 1. The third-order valence-electron chi connectivity index (χ3n) is 8.56. The van der Waals surface area contributed by atoms with E-state index in [1.807, 2.05) is 24.3 Å². The molecule has 0 aromatic heterocycles. The molecule has 0 aliphatic heterocycles. The third kappa shape index (κ3) is 2.81. The van der Waals surface area contributed by atoms with Crippen LogP contribution in [0, 0.1) is 24.2 Å². The van der Waals surface area contributed by atoms with E-state index >= 15 is 0 Å². The second-order valence-corrected chi connectivity index (χ2v) is 9.93. The number of hydrogen-bond donors (Lipinski definition) is 2. The second-order valence-electron chi connectivity index (χ2n) is 9.93. The van der Waals surface area contributed by atoms with Crippen molar-refractivity contribution in [1.29, 1.82) is 0 Å². The minimum absolute atomic E-state index is 0.230. The van der Waals surface area contributed by atoms with Gasteiger partial charge in [0.15, 0.2) is 0 Å². The van der Waals surface area contributed by atoms with Gasteiger partial charge in [0, 0.05) is 5.56 Å². The number of rotatable bonds is 2. The number of fused-ring (bicyclic) bond motifs is 5. The first-order chi connectivity index (χ1) is 13.9. The molecule has 5 rings (SSSR count). The lowest BCUT2D eigenvalue weighted by Gasteiger charge is -2.51. The number of hydrogen-bond acceptors (Lipinski definition) is 2. The fraction of sp³-hybridized carbons (Fsp3) is 0.500. The molecule has 0 unspecified atom stereocenters. The first-order valence-electron chi connectivity index (χ1n) is 11.1. The average molecular weight is 390 g/mol. The standard InChI is InChI=1S/C26H31NO2/c1-15-3-6-21(25(27)29)22(13-15)24-10-9-23-20-7-4-16-14-17(28)5-8-18(16)19(20)11-12-26(23,24)2/h3,5-6,8,13-14,19-20,23-24,28H,4,7,9-12H2,1-2H3,(H2,27,29)/t19-,20-,23+,24-,26+/m1/s1. The molecule has 2 aromatic carbocycles. The van der Waals surface area contributed by atoms with Crippen molar-refractivity contribution in [2.24, 2.45) is 23.0 Å². The molecule has 0 bridgehead atoms. The Hall–Kier alpha value is -2.29. The van der Waals surface area contributed by atoms with Crippen molar-refractivity contribution in [3.63, 3.8) is 0 Å². The summed E-state index contributed by atoms with van der Waals surface area (Å²) in [6.07, 6.45) is 7.06. The Morgan fingerprint density at radius 2 is 1.90 bits per heavy atom. The molecular weight excluding hydrogens is 358 g/mol. The van der Waals surface area contributed by atoms with Crippen molar-refractivity contribution < 1.29 is 9.90 Å². The number of phenols is 1. The molecule has 2 saturated carbocycles. The van der Waals surface area contributed by atoms with E-state index in [-0.39, 0.29) is 11.3 Å². The number of primary amides is 1. The van der Waals surface area contributed by atoms with Crippen LogP contribution in [0.15, 0.2) is 36.4 Å². The highest BCUT2D eigenvalue weighted by Gasteiger charge is 2.55. The summed E-state index contributed by atoms with van der Waals surface area (Å²) in [5.41, 5.74) is 11.9. The summed E-state index contributed by atoms with van der Waals surface area (Å²) in [6.45, 7) is 4.58. The van der Waals surface area contributed by atoms with E-state index in [0.29, 0.717) is 35.0 Å². The first kappa shape index (κ1) is 18.7. The maximum absolute atomic E-state index is 12.1. The number of nitrogens with two attached hydrogens (primary N) is 1. The molecule has 0 radical (unpaired) electrons. The van der Waals surface area contributed by atoms with Gasteiger partial charge < -0.3 is 10.8 Å². The van der Waals surface area contributed by atoms with Crippen molar-refractivity contribution in [1.82, 2.24) is 0 Å². The molecule has 1 amide bonds. The molecule has 5 atom stereocenters. The normalized spacial score (nSPS) is 32.9. The molecule has 29 heavy (non-hydrogen) atoms. The fourth-order valence-corrected chi connectivity index (χ4v) is 7.27. The van der Waals surface area contributed by atoms with Crippen LogP contribution in [0.3, 0.4) is 0 Å². The zero-order valence-electron chi connectivity index (χ0n) is 17.4. The largest absolute Gasteiger partial charge is 0.508 e. The molecule has 2 aromatic rings. The molecule has 3 N–H and O–H groups in total. The van der Waals surface area contributed by atoms with Crippen LogP contribution in [0.4, 0.5) is 0 Å². The number of aryl methyl sites for hydroxylation is 2. The van der Waals surface area contributed by atoms with Gasteiger partial charge in [0.05, 0.1) is 0 Å². The number of carbonyl (C=O) groups is 1. The molecule has 0 saturated heterocycles. The zero-order valence-corrected chi connectivity index (χ0v) is 17.4. The third-order valence-corrected chi connectivity index (χ3v) is 8.56. The van der Waals surface area contributed by atoms with E-state index in [2.05, 4.69) is 26.0 Å². The van der Waals surface area contributed by atoms with Gasteiger partial charge in [-0.15, -0.1) is 0 Å².